The third-order valence-corrected chi connectivity index (χ3v) is 3.26. The molecule has 0 fully saturated rings. The minimum absolute atomic E-state index is 0.130. The van der Waals surface area contributed by atoms with Gasteiger partial charge in [-0.25, -0.2) is 0 Å². The molecule has 0 aromatic rings. The molecule has 0 heterocycles. The number of carbonyl (C=O) groups is 1. The van der Waals surface area contributed by atoms with Crippen LogP contribution in [0.3, 0.4) is 0 Å². The normalized spacial score (nSPS) is 12.6. The Morgan fingerprint density at radius 3 is 2.00 bits per heavy atom. The zero-order valence-corrected chi connectivity index (χ0v) is 11.3. The third-order valence-electron chi connectivity index (χ3n) is 3.26. The van der Waals surface area contributed by atoms with E-state index in [2.05, 4.69) is 6.92 Å². The molecule has 0 bridgehead atoms. The van der Waals surface area contributed by atoms with Gasteiger partial charge in [0.05, 0.1) is 5.92 Å². The highest BCUT2D eigenvalue weighted by Gasteiger charge is 2.15. The van der Waals surface area contributed by atoms with E-state index in [-0.39, 0.29) is 5.92 Å². The molecule has 17 heavy (non-hydrogen) atoms. The third kappa shape index (κ3) is 10.3. The fourth-order valence-electron chi connectivity index (χ4n) is 2.10. The molecule has 0 saturated heterocycles. The van der Waals surface area contributed by atoms with Crippen LogP contribution < -0.4 is 5.73 Å². The van der Waals surface area contributed by atoms with Gasteiger partial charge < -0.3 is 10.8 Å². The molecule has 0 spiro atoms. The van der Waals surface area contributed by atoms with Crippen molar-refractivity contribution >= 4 is 5.97 Å². The van der Waals surface area contributed by atoms with Crippen LogP contribution >= 0.6 is 0 Å². The van der Waals surface area contributed by atoms with Crippen molar-refractivity contribution in [3.63, 3.8) is 0 Å². The Bertz CT molecular complexity index is 183. The molecule has 0 rings (SSSR count). The van der Waals surface area contributed by atoms with E-state index >= 15 is 0 Å². The molecule has 102 valence electrons. The summed E-state index contributed by atoms with van der Waals surface area (Å²) in [6.07, 6.45) is 10.8. The number of rotatable bonds is 12. The topological polar surface area (TPSA) is 63.3 Å². The minimum Gasteiger partial charge on any atom is -0.481 e. The number of unbranched alkanes of at least 4 members (excludes halogenated alkanes) is 6. The summed E-state index contributed by atoms with van der Waals surface area (Å²) in [7, 11) is 0. The molecule has 1 unspecified atom stereocenters. The van der Waals surface area contributed by atoms with Crippen LogP contribution in [0, 0.1) is 5.92 Å². The highest BCUT2D eigenvalue weighted by Crippen LogP contribution is 2.18. The van der Waals surface area contributed by atoms with Gasteiger partial charge >= 0.3 is 5.97 Å². The predicted octanol–water partition coefficient (Wildman–Crippen LogP) is 3.57. The lowest BCUT2D eigenvalue weighted by molar-refractivity contribution is -0.142. The van der Waals surface area contributed by atoms with Gasteiger partial charge in [-0.1, -0.05) is 51.9 Å². The highest BCUT2D eigenvalue weighted by molar-refractivity contribution is 5.69. The maximum atomic E-state index is 11.1. The average Bonchev–Trinajstić information content (AvgIpc) is 2.31. The lowest BCUT2D eigenvalue weighted by Gasteiger charge is -2.11. The van der Waals surface area contributed by atoms with Crippen molar-refractivity contribution in [1.82, 2.24) is 0 Å². The number of hydrogen-bond acceptors (Lipinski definition) is 2. The zero-order chi connectivity index (χ0) is 12.9. The van der Waals surface area contributed by atoms with Crippen molar-refractivity contribution in [1.29, 1.82) is 0 Å². The Morgan fingerprint density at radius 1 is 1.00 bits per heavy atom. The molecule has 0 aliphatic rings. The van der Waals surface area contributed by atoms with Crippen molar-refractivity contribution in [3.05, 3.63) is 0 Å². The summed E-state index contributed by atoms with van der Waals surface area (Å²) >= 11 is 0. The van der Waals surface area contributed by atoms with Crippen LogP contribution in [0.4, 0.5) is 0 Å². The zero-order valence-electron chi connectivity index (χ0n) is 11.3. The van der Waals surface area contributed by atoms with Crippen molar-refractivity contribution in [2.75, 3.05) is 6.54 Å². The molecule has 3 nitrogen and oxygen atoms in total. The SMILES string of the molecule is CCCCCCCC(CCCCCN)C(=O)O. The van der Waals surface area contributed by atoms with Crippen LogP contribution in [0.2, 0.25) is 0 Å². The number of nitrogens with two attached hydrogens (primary N) is 1. The molecule has 0 radical (unpaired) electrons. The van der Waals surface area contributed by atoms with Gasteiger partial charge in [0, 0.05) is 0 Å². The molecule has 0 amide bonds. The van der Waals surface area contributed by atoms with Crippen LogP contribution in [0.5, 0.6) is 0 Å². The van der Waals surface area contributed by atoms with E-state index in [1.54, 1.807) is 0 Å². The summed E-state index contributed by atoms with van der Waals surface area (Å²) in [5.41, 5.74) is 5.42. The molecule has 1 atom stereocenters. The second kappa shape index (κ2) is 11.9. The second-order valence-electron chi connectivity index (χ2n) is 4.88. The number of carboxylic acid groups (broad SMARTS) is 1. The fraction of sp³-hybridized carbons (Fsp3) is 0.929. The van der Waals surface area contributed by atoms with Crippen molar-refractivity contribution < 1.29 is 9.90 Å². The lowest BCUT2D eigenvalue weighted by atomic mass is 9.95. The predicted molar refractivity (Wildman–Crippen MR) is 72.0 cm³/mol. The lowest BCUT2D eigenvalue weighted by Crippen LogP contribution is -2.13. The van der Waals surface area contributed by atoms with Crippen molar-refractivity contribution in [2.45, 2.75) is 71.1 Å². The van der Waals surface area contributed by atoms with Gasteiger partial charge in [0.1, 0.15) is 0 Å². The van der Waals surface area contributed by atoms with E-state index in [4.69, 9.17) is 10.8 Å². The van der Waals surface area contributed by atoms with Gasteiger partial charge in [-0.2, -0.15) is 0 Å². The Kier molecular flexibility index (Phi) is 11.5. The second-order valence-corrected chi connectivity index (χ2v) is 4.88. The first kappa shape index (κ1) is 16.4. The summed E-state index contributed by atoms with van der Waals surface area (Å²) < 4.78 is 0. The van der Waals surface area contributed by atoms with Gasteiger partial charge in [-0.3, -0.25) is 4.79 Å². The summed E-state index contributed by atoms with van der Waals surface area (Å²) in [6, 6.07) is 0. The first-order valence-corrected chi connectivity index (χ1v) is 7.15. The fourth-order valence-corrected chi connectivity index (χ4v) is 2.10. The summed E-state index contributed by atoms with van der Waals surface area (Å²) in [5.74, 6) is -0.748. The monoisotopic (exact) mass is 243 g/mol. The Morgan fingerprint density at radius 2 is 1.53 bits per heavy atom. The van der Waals surface area contributed by atoms with Gasteiger partial charge in [-0.15, -0.1) is 0 Å². The summed E-state index contributed by atoms with van der Waals surface area (Å²) in [4.78, 5) is 11.1. The van der Waals surface area contributed by atoms with E-state index < -0.39 is 5.97 Å². The highest BCUT2D eigenvalue weighted by atomic mass is 16.4. The molecule has 0 aromatic carbocycles. The quantitative estimate of drug-likeness (QED) is 0.515. The van der Waals surface area contributed by atoms with Crippen molar-refractivity contribution in [2.24, 2.45) is 11.7 Å². The van der Waals surface area contributed by atoms with E-state index in [1.807, 2.05) is 0 Å². The van der Waals surface area contributed by atoms with Crippen molar-refractivity contribution in [3.8, 4) is 0 Å². The largest absolute Gasteiger partial charge is 0.481 e. The molecular weight excluding hydrogens is 214 g/mol. The van der Waals surface area contributed by atoms with Gasteiger partial charge in [0.25, 0.3) is 0 Å². The van der Waals surface area contributed by atoms with Gasteiger partial charge in [-0.05, 0) is 25.8 Å². The molecule has 0 aliphatic heterocycles. The van der Waals surface area contributed by atoms with Crippen LogP contribution in [-0.4, -0.2) is 17.6 Å². The molecular formula is C14H29NO2. The standard InChI is InChI=1S/C14H29NO2/c1-2-3-4-5-7-10-13(14(16)17)11-8-6-9-12-15/h13H,2-12,15H2,1H3,(H,16,17). The number of aliphatic carboxylic acids is 1. The van der Waals surface area contributed by atoms with E-state index in [9.17, 15) is 4.79 Å². The molecule has 3 heteroatoms. The first-order chi connectivity index (χ1) is 8.22. The molecule has 3 N–H and O–H groups in total. The van der Waals surface area contributed by atoms with Crippen LogP contribution in [0.25, 0.3) is 0 Å². The first-order valence-electron chi connectivity index (χ1n) is 7.15. The summed E-state index contributed by atoms with van der Waals surface area (Å²) in [5, 5.41) is 9.11. The van der Waals surface area contributed by atoms with E-state index in [0.29, 0.717) is 0 Å². The molecule has 0 saturated carbocycles. The van der Waals surface area contributed by atoms with E-state index in [0.717, 1.165) is 45.1 Å². The average molecular weight is 243 g/mol. The maximum Gasteiger partial charge on any atom is 0.306 e. The van der Waals surface area contributed by atoms with E-state index in [1.165, 1.54) is 25.7 Å². The summed E-state index contributed by atoms with van der Waals surface area (Å²) in [6.45, 7) is 2.91. The Hall–Kier alpha value is -0.570. The van der Waals surface area contributed by atoms with Crippen LogP contribution in [0.15, 0.2) is 0 Å². The minimum atomic E-state index is -0.617. The number of carboxylic acids is 1. The Labute approximate surface area is 106 Å². The molecule has 0 aliphatic carbocycles. The molecule has 0 aromatic heterocycles. The number of hydrogen-bond donors (Lipinski definition) is 2. The van der Waals surface area contributed by atoms with Crippen LogP contribution in [0.1, 0.15) is 71.1 Å². The smallest absolute Gasteiger partial charge is 0.306 e. The van der Waals surface area contributed by atoms with Gasteiger partial charge in [0.2, 0.25) is 0 Å². The maximum absolute atomic E-state index is 11.1. The van der Waals surface area contributed by atoms with Crippen LogP contribution in [-0.2, 0) is 4.79 Å². The van der Waals surface area contributed by atoms with Gasteiger partial charge in [0.15, 0.2) is 0 Å². The Balaban J connectivity index is 3.57.